The van der Waals surface area contributed by atoms with Gasteiger partial charge in [0.1, 0.15) is 11.6 Å². The maximum Gasteiger partial charge on any atom is 0.258 e. The maximum atomic E-state index is 13.2. The van der Waals surface area contributed by atoms with E-state index in [0.29, 0.717) is 34.0 Å². The van der Waals surface area contributed by atoms with Gasteiger partial charge in [0.2, 0.25) is 5.95 Å². The first-order chi connectivity index (χ1) is 13.6. The van der Waals surface area contributed by atoms with Gasteiger partial charge in [-0.2, -0.15) is 4.98 Å². The molecule has 28 heavy (non-hydrogen) atoms. The van der Waals surface area contributed by atoms with Crippen molar-refractivity contribution in [1.29, 1.82) is 0 Å². The van der Waals surface area contributed by atoms with Crippen molar-refractivity contribution in [3.63, 3.8) is 0 Å². The Kier molecular flexibility index (Phi) is 3.39. The molecule has 2 heterocycles. The fourth-order valence-electron chi connectivity index (χ4n) is 3.97. The van der Waals surface area contributed by atoms with Gasteiger partial charge in [-0.15, -0.1) is 0 Å². The Labute approximate surface area is 159 Å². The molecule has 3 aromatic rings. The summed E-state index contributed by atoms with van der Waals surface area (Å²) >= 11 is 0. The van der Waals surface area contributed by atoms with Gasteiger partial charge in [0.25, 0.3) is 5.56 Å². The average Bonchev–Trinajstić information content (AvgIpc) is 2.99. The van der Waals surface area contributed by atoms with E-state index in [1.807, 2.05) is 42.5 Å². The van der Waals surface area contributed by atoms with Crippen molar-refractivity contribution >= 4 is 23.2 Å². The number of allylic oxidation sites excluding steroid dienone is 1. The predicted molar refractivity (Wildman–Crippen MR) is 105 cm³/mol. The summed E-state index contributed by atoms with van der Waals surface area (Å²) in [7, 11) is 1.59. The molecule has 7 nitrogen and oxygen atoms in total. The number of nitrogens with zero attached hydrogens (tertiary/aromatic N) is 1. The summed E-state index contributed by atoms with van der Waals surface area (Å²) in [6, 6.07) is 14.7. The first-order valence-corrected chi connectivity index (χ1v) is 8.77. The van der Waals surface area contributed by atoms with Crippen molar-refractivity contribution in [3.05, 3.63) is 86.7 Å². The van der Waals surface area contributed by atoms with E-state index < -0.39 is 5.92 Å². The maximum absolute atomic E-state index is 13.2. The van der Waals surface area contributed by atoms with Crippen molar-refractivity contribution in [1.82, 2.24) is 9.97 Å². The molecule has 0 saturated carbocycles. The molecule has 1 aliphatic carbocycles. The minimum Gasteiger partial charge on any atom is -0.497 e. The molecule has 5 rings (SSSR count). The highest BCUT2D eigenvalue weighted by Gasteiger charge is 2.41. The Hall–Kier alpha value is -3.87. The van der Waals surface area contributed by atoms with Gasteiger partial charge >= 0.3 is 0 Å². The number of anilines is 2. The second-order valence-corrected chi connectivity index (χ2v) is 6.71. The van der Waals surface area contributed by atoms with E-state index in [4.69, 9.17) is 10.5 Å². The molecule has 1 atom stereocenters. The van der Waals surface area contributed by atoms with Crippen LogP contribution >= 0.6 is 0 Å². The van der Waals surface area contributed by atoms with Gasteiger partial charge < -0.3 is 15.8 Å². The molecule has 1 aliphatic heterocycles. The summed E-state index contributed by atoms with van der Waals surface area (Å²) in [5.74, 6) is 0.420. The summed E-state index contributed by atoms with van der Waals surface area (Å²) < 4.78 is 5.24. The zero-order valence-corrected chi connectivity index (χ0v) is 14.9. The SMILES string of the molecule is COc1ccc([C@@H]2C3=C(Nc4nc(N)[nH]c(=O)c42)c2ccccc2C3=O)cc1. The van der Waals surface area contributed by atoms with Crippen molar-refractivity contribution in [2.75, 3.05) is 18.2 Å². The van der Waals surface area contributed by atoms with Crippen LogP contribution in [0.1, 0.15) is 33.0 Å². The van der Waals surface area contributed by atoms with Crippen LogP contribution in [-0.4, -0.2) is 22.9 Å². The highest BCUT2D eigenvalue weighted by atomic mass is 16.5. The number of ether oxygens (including phenoxy) is 1. The third-order valence-electron chi connectivity index (χ3n) is 5.20. The smallest absolute Gasteiger partial charge is 0.258 e. The van der Waals surface area contributed by atoms with Gasteiger partial charge in [0.05, 0.1) is 18.4 Å². The number of aromatic nitrogens is 2. The summed E-state index contributed by atoms with van der Waals surface area (Å²) in [4.78, 5) is 32.9. The summed E-state index contributed by atoms with van der Waals surface area (Å²) in [6.07, 6.45) is 0. The van der Waals surface area contributed by atoms with Gasteiger partial charge in [0, 0.05) is 22.6 Å². The number of H-pyrrole nitrogens is 1. The quantitative estimate of drug-likeness (QED) is 0.638. The lowest BCUT2D eigenvalue weighted by atomic mass is 9.81. The number of methoxy groups -OCH3 is 1. The van der Waals surface area contributed by atoms with Crippen molar-refractivity contribution < 1.29 is 9.53 Å². The number of hydrogen-bond acceptors (Lipinski definition) is 6. The minimum atomic E-state index is -0.561. The monoisotopic (exact) mass is 372 g/mol. The molecule has 7 heteroatoms. The van der Waals surface area contributed by atoms with E-state index in [1.54, 1.807) is 13.2 Å². The van der Waals surface area contributed by atoms with Gasteiger partial charge in [-0.25, -0.2) is 0 Å². The lowest BCUT2D eigenvalue weighted by Crippen LogP contribution is -2.28. The molecule has 0 fully saturated rings. The van der Waals surface area contributed by atoms with Crippen molar-refractivity contribution in [3.8, 4) is 5.75 Å². The number of fused-ring (bicyclic) bond motifs is 3. The van der Waals surface area contributed by atoms with Crippen LogP contribution in [0.25, 0.3) is 5.70 Å². The number of benzene rings is 2. The number of carbonyl (C=O) groups is 1. The van der Waals surface area contributed by atoms with Crippen molar-refractivity contribution in [2.45, 2.75) is 5.92 Å². The summed E-state index contributed by atoms with van der Waals surface area (Å²) in [6.45, 7) is 0. The van der Waals surface area contributed by atoms with Crippen LogP contribution in [0.15, 0.2) is 58.9 Å². The Balaban J connectivity index is 1.79. The van der Waals surface area contributed by atoms with E-state index >= 15 is 0 Å². The average molecular weight is 372 g/mol. The molecule has 4 N–H and O–H groups in total. The fourth-order valence-corrected chi connectivity index (χ4v) is 3.97. The van der Waals surface area contributed by atoms with Gasteiger partial charge in [-0.1, -0.05) is 36.4 Å². The Bertz CT molecular complexity index is 1230. The summed E-state index contributed by atoms with van der Waals surface area (Å²) in [5.41, 5.74) is 9.18. The molecular weight excluding hydrogens is 356 g/mol. The minimum absolute atomic E-state index is 0.0198. The molecule has 0 unspecified atom stereocenters. The Morgan fingerprint density at radius 1 is 1.04 bits per heavy atom. The zero-order valence-electron chi connectivity index (χ0n) is 14.9. The lowest BCUT2D eigenvalue weighted by Gasteiger charge is -2.27. The van der Waals surface area contributed by atoms with Crippen LogP contribution in [0.5, 0.6) is 5.75 Å². The molecule has 2 aliphatic rings. The third-order valence-corrected chi connectivity index (χ3v) is 5.20. The first kappa shape index (κ1) is 16.3. The number of rotatable bonds is 2. The van der Waals surface area contributed by atoms with Crippen LogP contribution < -0.4 is 21.3 Å². The van der Waals surface area contributed by atoms with E-state index in [-0.39, 0.29) is 17.3 Å². The third kappa shape index (κ3) is 2.19. The number of carbonyl (C=O) groups excluding carboxylic acids is 1. The standard InChI is InChI=1S/C21H16N4O3/c1-28-11-8-6-10(7-9-11)14-15-17(12-4-2-3-5-13(12)18(15)26)23-19-16(14)20(27)25-21(22)24-19/h2-9,14H,1H3,(H4,22,23,24,25,27)/t14-/m1/s1. The fraction of sp³-hybridized carbons (Fsp3) is 0.0952. The van der Waals surface area contributed by atoms with E-state index in [9.17, 15) is 9.59 Å². The Morgan fingerprint density at radius 3 is 2.46 bits per heavy atom. The van der Waals surface area contributed by atoms with Gasteiger partial charge in [-0.3, -0.25) is 14.6 Å². The number of Topliss-reactive ketones (excluding diaryl/α,β-unsaturated/α-hetero) is 1. The molecule has 0 radical (unpaired) electrons. The topological polar surface area (TPSA) is 110 Å². The second kappa shape index (κ2) is 5.82. The number of nitrogens with two attached hydrogens (primary N) is 1. The highest BCUT2D eigenvalue weighted by molar-refractivity contribution is 6.23. The molecule has 0 spiro atoms. The van der Waals surface area contributed by atoms with Crippen LogP contribution in [-0.2, 0) is 0 Å². The molecule has 0 bridgehead atoms. The highest BCUT2D eigenvalue weighted by Crippen LogP contribution is 2.47. The number of nitrogens with one attached hydrogen (secondary N) is 2. The summed E-state index contributed by atoms with van der Waals surface area (Å²) in [5, 5.41) is 3.17. The number of ketones is 1. The predicted octanol–water partition coefficient (Wildman–Crippen LogP) is 2.53. The van der Waals surface area contributed by atoms with Crippen LogP contribution in [0, 0.1) is 0 Å². The number of nitrogen functional groups attached to an aromatic ring is 1. The van der Waals surface area contributed by atoms with Crippen molar-refractivity contribution in [2.24, 2.45) is 0 Å². The van der Waals surface area contributed by atoms with Gasteiger partial charge in [0.15, 0.2) is 5.78 Å². The molecule has 1 aromatic heterocycles. The first-order valence-electron chi connectivity index (χ1n) is 8.77. The molecule has 0 saturated heterocycles. The van der Waals surface area contributed by atoms with Crippen LogP contribution in [0.4, 0.5) is 11.8 Å². The van der Waals surface area contributed by atoms with Gasteiger partial charge in [-0.05, 0) is 17.7 Å². The van der Waals surface area contributed by atoms with Crippen LogP contribution in [0.3, 0.4) is 0 Å². The van der Waals surface area contributed by atoms with Crippen LogP contribution in [0.2, 0.25) is 0 Å². The molecule has 2 aromatic carbocycles. The number of aromatic amines is 1. The largest absolute Gasteiger partial charge is 0.497 e. The zero-order chi connectivity index (χ0) is 19.4. The van der Waals surface area contributed by atoms with E-state index in [0.717, 1.165) is 11.1 Å². The number of hydrogen-bond donors (Lipinski definition) is 3. The molecule has 0 amide bonds. The Morgan fingerprint density at radius 2 is 1.75 bits per heavy atom. The van der Waals surface area contributed by atoms with E-state index in [1.165, 1.54) is 0 Å². The normalized spacial score (nSPS) is 16.9. The van der Waals surface area contributed by atoms with E-state index in [2.05, 4.69) is 15.3 Å². The molecular formula is C21H16N4O3. The second-order valence-electron chi connectivity index (χ2n) is 6.71. The molecule has 138 valence electrons. The lowest BCUT2D eigenvalue weighted by molar-refractivity contribution is 0.103.